The highest BCUT2D eigenvalue weighted by molar-refractivity contribution is 14.1. The molecule has 1 rings (SSSR count). The van der Waals surface area contributed by atoms with Crippen molar-refractivity contribution in [2.24, 2.45) is 0 Å². The van der Waals surface area contributed by atoms with E-state index >= 15 is 0 Å². The standard InChI is InChI=1S/C6H4F2IN3O2/c7-5(8)3-1-2(10)4(12(13)14)6(9)11-3/h1,5H,(H2,10,11). The Labute approximate surface area is 90.6 Å². The molecule has 0 atom stereocenters. The molecule has 0 bridgehead atoms. The summed E-state index contributed by atoms with van der Waals surface area (Å²) in [6, 6.07) is 0.810. The van der Waals surface area contributed by atoms with Gasteiger partial charge in [-0.25, -0.2) is 13.8 Å². The average molecular weight is 315 g/mol. The number of alkyl halides is 2. The van der Waals surface area contributed by atoms with Gasteiger partial charge in [-0.1, -0.05) is 0 Å². The van der Waals surface area contributed by atoms with Crippen molar-refractivity contribution in [1.82, 2.24) is 4.98 Å². The Morgan fingerprint density at radius 2 is 2.21 bits per heavy atom. The van der Waals surface area contributed by atoms with Gasteiger partial charge < -0.3 is 5.73 Å². The number of anilines is 1. The van der Waals surface area contributed by atoms with Gasteiger partial charge in [-0.05, 0) is 28.7 Å². The van der Waals surface area contributed by atoms with Gasteiger partial charge in [-0.15, -0.1) is 0 Å². The van der Waals surface area contributed by atoms with E-state index in [1.165, 1.54) is 22.6 Å². The number of aromatic nitrogens is 1. The minimum absolute atomic E-state index is 0.136. The molecular weight excluding hydrogens is 311 g/mol. The summed E-state index contributed by atoms with van der Waals surface area (Å²) in [6.45, 7) is 0. The van der Waals surface area contributed by atoms with Crippen LogP contribution in [0.5, 0.6) is 0 Å². The molecule has 0 aliphatic rings. The van der Waals surface area contributed by atoms with Crippen LogP contribution in [-0.2, 0) is 0 Å². The maximum Gasteiger partial charge on any atom is 0.323 e. The number of nitrogens with zero attached hydrogens (tertiary/aromatic N) is 2. The molecule has 1 heterocycles. The fourth-order valence-electron chi connectivity index (χ4n) is 0.838. The van der Waals surface area contributed by atoms with Crippen molar-refractivity contribution in [1.29, 1.82) is 0 Å². The highest BCUT2D eigenvalue weighted by Gasteiger charge is 2.22. The highest BCUT2D eigenvalue weighted by atomic mass is 127. The van der Waals surface area contributed by atoms with Gasteiger partial charge in [0, 0.05) is 0 Å². The van der Waals surface area contributed by atoms with Crippen LogP contribution in [0.4, 0.5) is 20.2 Å². The topological polar surface area (TPSA) is 82.0 Å². The van der Waals surface area contributed by atoms with E-state index in [0.29, 0.717) is 0 Å². The van der Waals surface area contributed by atoms with Crippen LogP contribution in [0.15, 0.2) is 6.07 Å². The van der Waals surface area contributed by atoms with Crippen molar-refractivity contribution in [3.63, 3.8) is 0 Å². The number of nitro groups is 1. The molecule has 0 spiro atoms. The van der Waals surface area contributed by atoms with Crippen LogP contribution < -0.4 is 5.73 Å². The van der Waals surface area contributed by atoms with Crippen molar-refractivity contribution in [2.75, 3.05) is 5.73 Å². The Hall–Kier alpha value is -1.06. The van der Waals surface area contributed by atoms with Crippen LogP contribution in [0.1, 0.15) is 12.1 Å². The minimum Gasteiger partial charge on any atom is -0.393 e. The van der Waals surface area contributed by atoms with Crippen LogP contribution >= 0.6 is 22.6 Å². The van der Waals surface area contributed by atoms with Gasteiger partial charge in [0.15, 0.2) is 3.70 Å². The normalized spacial score (nSPS) is 10.6. The van der Waals surface area contributed by atoms with Crippen LogP contribution in [0.3, 0.4) is 0 Å². The molecule has 0 saturated carbocycles. The number of rotatable bonds is 2. The zero-order chi connectivity index (χ0) is 10.9. The maximum atomic E-state index is 12.2. The highest BCUT2D eigenvalue weighted by Crippen LogP contribution is 2.29. The summed E-state index contributed by atoms with van der Waals surface area (Å²) >= 11 is 1.49. The maximum absolute atomic E-state index is 12.2. The molecule has 0 amide bonds. The number of nitrogen functional groups attached to an aromatic ring is 1. The van der Waals surface area contributed by atoms with Gasteiger partial charge in [0.05, 0.1) is 4.92 Å². The van der Waals surface area contributed by atoms with Gasteiger partial charge in [0.25, 0.3) is 6.43 Å². The molecule has 0 fully saturated rings. The van der Waals surface area contributed by atoms with E-state index in [0.717, 1.165) is 6.07 Å². The molecule has 0 aromatic carbocycles. The summed E-state index contributed by atoms with van der Waals surface area (Å²) in [4.78, 5) is 13.0. The lowest BCUT2D eigenvalue weighted by molar-refractivity contribution is -0.385. The van der Waals surface area contributed by atoms with Crippen LogP contribution in [0.25, 0.3) is 0 Å². The molecule has 2 N–H and O–H groups in total. The first-order valence-corrected chi connectivity index (χ1v) is 4.39. The van der Waals surface area contributed by atoms with Crippen LogP contribution in [0, 0.1) is 13.8 Å². The predicted molar refractivity (Wildman–Crippen MR) is 53.0 cm³/mol. The first kappa shape index (κ1) is 11.0. The quantitative estimate of drug-likeness (QED) is 0.392. The fourth-order valence-corrected chi connectivity index (χ4v) is 1.62. The van der Waals surface area contributed by atoms with Crippen LogP contribution in [0.2, 0.25) is 0 Å². The minimum atomic E-state index is -2.79. The second-order valence-corrected chi connectivity index (χ2v) is 3.36. The predicted octanol–water partition coefficient (Wildman–Crippen LogP) is 2.11. The molecule has 0 saturated heterocycles. The van der Waals surface area contributed by atoms with E-state index in [2.05, 4.69) is 4.98 Å². The summed E-state index contributed by atoms with van der Waals surface area (Å²) in [7, 11) is 0. The van der Waals surface area contributed by atoms with Crippen molar-refractivity contribution in [3.05, 3.63) is 25.6 Å². The van der Waals surface area contributed by atoms with Crippen molar-refractivity contribution >= 4 is 34.0 Å². The van der Waals surface area contributed by atoms with Crippen LogP contribution in [-0.4, -0.2) is 9.91 Å². The molecule has 1 aromatic rings. The zero-order valence-electron chi connectivity index (χ0n) is 6.58. The number of hydrogen-bond donors (Lipinski definition) is 1. The average Bonchev–Trinajstić information content (AvgIpc) is 2.01. The number of hydrogen-bond acceptors (Lipinski definition) is 4. The second-order valence-electron chi connectivity index (χ2n) is 2.33. The smallest absolute Gasteiger partial charge is 0.323 e. The third-order valence-corrected chi connectivity index (χ3v) is 2.16. The molecule has 14 heavy (non-hydrogen) atoms. The first-order chi connectivity index (χ1) is 6.43. The Morgan fingerprint density at radius 1 is 1.64 bits per heavy atom. The molecule has 0 radical (unpaired) electrons. The molecule has 0 aliphatic heterocycles. The molecule has 1 aromatic heterocycles. The van der Waals surface area contributed by atoms with Crippen molar-refractivity contribution < 1.29 is 13.7 Å². The lowest BCUT2D eigenvalue weighted by Crippen LogP contribution is -2.03. The molecular formula is C6H4F2IN3O2. The van der Waals surface area contributed by atoms with E-state index < -0.39 is 22.7 Å². The summed E-state index contributed by atoms with van der Waals surface area (Å²) < 4.78 is 24.2. The SMILES string of the molecule is Nc1cc(C(F)F)nc(I)c1[N+](=O)[O-]. The lowest BCUT2D eigenvalue weighted by Gasteiger charge is -2.02. The Morgan fingerprint density at radius 3 is 2.57 bits per heavy atom. The summed E-state index contributed by atoms with van der Waals surface area (Å²) in [5.74, 6) is 0. The van der Waals surface area contributed by atoms with Gasteiger partial charge >= 0.3 is 5.69 Å². The lowest BCUT2D eigenvalue weighted by atomic mass is 10.3. The summed E-state index contributed by atoms with van der Waals surface area (Å²) in [5, 5.41) is 10.4. The zero-order valence-corrected chi connectivity index (χ0v) is 8.73. The van der Waals surface area contributed by atoms with Crippen molar-refractivity contribution in [3.8, 4) is 0 Å². The Balaban J connectivity index is 3.32. The number of halogens is 3. The van der Waals surface area contributed by atoms with E-state index in [4.69, 9.17) is 5.73 Å². The molecule has 76 valence electrons. The van der Waals surface area contributed by atoms with Gasteiger partial charge in [0.1, 0.15) is 11.4 Å². The molecule has 5 nitrogen and oxygen atoms in total. The number of nitrogens with two attached hydrogens (primary N) is 1. The third-order valence-electron chi connectivity index (χ3n) is 1.41. The molecule has 8 heteroatoms. The van der Waals surface area contributed by atoms with Crippen molar-refractivity contribution in [2.45, 2.75) is 6.43 Å². The number of pyridine rings is 1. The Kier molecular flexibility index (Phi) is 3.13. The Bertz CT molecular complexity index is 362. The monoisotopic (exact) mass is 315 g/mol. The van der Waals surface area contributed by atoms with Gasteiger partial charge in [-0.2, -0.15) is 0 Å². The summed E-state index contributed by atoms with van der Waals surface area (Å²) in [5.41, 5.74) is 3.95. The molecule has 0 unspecified atom stereocenters. The summed E-state index contributed by atoms with van der Waals surface area (Å²) in [6.07, 6.45) is -2.79. The molecule has 0 aliphatic carbocycles. The van der Waals surface area contributed by atoms with Gasteiger partial charge in [-0.3, -0.25) is 10.1 Å². The van der Waals surface area contributed by atoms with E-state index in [-0.39, 0.29) is 9.39 Å². The second kappa shape index (κ2) is 3.98. The largest absolute Gasteiger partial charge is 0.393 e. The third kappa shape index (κ3) is 2.05. The van der Waals surface area contributed by atoms with Gasteiger partial charge in [0.2, 0.25) is 0 Å². The first-order valence-electron chi connectivity index (χ1n) is 3.32. The van der Waals surface area contributed by atoms with E-state index in [1.807, 2.05) is 0 Å². The fraction of sp³-hybridized carbons (Fsp3) is 0.167. The van der Waals surface area contributed by atoms with E-state index in [9.17, 15) is 18.9 Å². The van der Waals surface area contributed by atoms with E-state index in [1.54, 1.807) is 0 Å².